The van der Waals surface area contributed by atoms with Gasteiger partial charge in [0.2, 0.25) is 4.80 Å². The molecule has 1 heterocycles. The number of methoxy groups -OCH3 is 3. The van der Waals surface area contributed by atoms with E-state index in [1.54, 1.807) is 57.1 Å². The molecule has 0 aliphatic heterocycles. The molecule has 1 aliphatic carbocycles. The minimum absolute atomic E-state index is 0.127. The lowest BCUT2D eigenvalue weighted by atomic mass is 9.96. The van der Waals surface area contributed by atoms with Crippen LogP contribution in [-0.2, 0) is 0 Å². The minimum Gasteiger partial charge on any atom is -0.507 e. The maximum atomic E-state index is 10.3. The van der Waals surface area contributed by atoms with Gasteiger partial charge in [0.25, 0.3) is 0 Å². The highest BCUT2D eigenvalue weighted by Crippen LogP contribution is 2.34. The second-order valence-electron chi connectivity index (χ2n) is 7.87. The molecule has 4 rings (SSSR count). The molecule has 1 N–H and O–H groups in total. The van der Waals surface area contributed by atoms with Crippen molar-refractivity contribution in [2.24, 2.45) is 10.1 Å². The number of rotatable bonds is 7. The van der Waals surface area contributed by atoms with Gasteiger partial charge in [-0.1, -0.05) is 19.3 Å². The Balaban J connectivity index is 1.84. The number of benzene rings is 2. The molecule has 1 aromatic heterocycles. The topological polar surface area (TPSA) is 77.6 Å². The molecule has 0 saturated heterocycles. The molecule has 0 atom stereocenters. The number of phenolic OH excluding ortho intramolecular Hbond substituents is 1. The molecule has 1 saturated carbocycles. The minimum atomic E-state index is 0.127. The molecule has 0 bridgehead atoms. The fourth-order valence-corrected chi connectivity index (χ4v) is 4.85. The fraction of sp³-hybridized carbons (Fsp3) is 0.360. The summed E-state index contributed by atoms with van der Waals surface area (Å²) in [6.45, 7) is 0. The predicted molar refractivity (Wildman–Crippen MR) is 131 cm³/mol. The predicted octanol–water partition coefficient (Wildman–Crippen LogP) is 5.06. The van der Waals surface area contributed by atoms with Crippen LogP contribution in [0.3, 0.4) is 0 Å². The van der Waals surface area contributed by atoms with Gasteiger partial charge in [0.15, 0.2) is 0 Å². The van der Waals surface area contributed by atoms with Gasteiger partial charge in [0.05, 0.1) is 39.3 Å². The first kappa shape index (κ1) is 22.9. The van der Waals surface area contributed by atoms with E-state index in [0.717, 1.165) is 34.6 Å². The molecule has 1 aliphatic rings. The number of ether oxygens (including phenoxy) is 3. The third-order valence-corrected chi connectivity index (χ3v) is 6.61. The van der Waals surface area contributed by atoms with Gasteiger partial charge in [-0.05, 0) is 49.2 Å². The maximum absolute atomic E-state index is 10.3. The van der Waals surface area contributed by atoms with E-state index in [2.05, 4.69) is 0 Å². The van der Waals surface area contributed by atoms with Gasteiger partial charge in [0.1, 0.15) is 23.0 Å². The lowest BCUT2D eigenvalue weighted by molar-refractivity contribution is 0.404. The molecular weight excluding hydrogens is 438 g/mol. The van der Waals surface area contributed by atoms with Gasteiger partial charge in [-0.3, -0.25) is 4.99 Å². The van der Waals surface area contributed by atoms with E-state index >= 15 is 0 Å². The molecule has 174 valence electrons. The summed E-state index contributed by atoms with van der Waals surface area (Å²) >= 11 is 1.54. The van der Waals surface area contributed by atoms with E-state index in [-0.39, 0.29) is 5.75 Å². The number of hydrogen-bond donors (Lipinski definition) is 1. The summed E-state index contributed by atoms with van der Waals surface area (Å²) in [7, 11) is 4.88. The van der Waals surface area contributed by atoms with Crippen LogP contribution < -0.4 is 19.0 Å². The quantitative estimate of drug-likeness (QED) is 0.493. The van der Waals surface area contributed by atoms with Crippen LogP contribution in [0.4, 0.5) is 0 Å². The molecule has 33 heavy (non-hydrogen) atoms. The second kappa shape index (κ2) is 10.6. The van der Waals surface area contributed by atoms with Crippen LogP contribution in [0, 0.1) is 0 Å². The highest BCUT2D eigenvalue weighted by Gasteiger charge is 2.17. The van der Waals surface area contributed by atoms with Crippen molar-refractivity contribution in [3.05, 3.63) is 52.1 Å². The summed E-state index contributed by atoms with van der Waals surface area (Å²) < 4.78 is 18.2. The Bertz CT molecular complexity index is 1190. The molecule has 0 amide bonds. The molecule has 0 radical (unpaired) electrons. The lowest BCUT2D eigenvalue weighted by Crippen LogP contribution is -2.19. The summed E-state index contributed by atoms with van der Waals surface area (Å²) in [5, 5.41) is 17.1. The zero-order valence-electron chi connectivity index (χ0n) is 19.2. The molecule has 7 nitrogen and oxygen atoms in total. The summed E-state index contributed by atoms with van der Waals surface area (Å²) in [6.07, 6.45) is 7.50. The average Bonchev–Trinajstić information content (AvgIpc) is 3.25. The van der Waals surface area contributed by atoms with Gasteiger partial charge < -0.3 is 19.3 Å². The van der Waals surface area contributed by atoms with Crippen LogP contribution >= 0.6 is 11.3 Å². The Hall–Kier alpha value is -3.26. The van der Waals surface area contributed by atoms with Gasteiger partial charge in [0, 0.05) is 16.5 Å². The Morgan fingerprint density at radius 1 is 0.970 bits per heavy atom. The van der Waals surface area contributed by atoms with Crippen LogP contribution in [0.2, 0.25) is 0 Å². The number of thiazole rings is 1. The number of aromatic nitrogens is 1. The van der Waals surface area contributed by atoms with E-state index < -0.39 is 0 Å². The number of nitrogens with zero attached hydrogens (tertiary/aromatic N) is 3. The second-order valence-corrected chi connectivity index (χ2v) is 8.71. The highest BCUT2D eigenvalue weighted by atomic mass is 32.1. The summed E-state index contributed by atoms with van der Waals surface area (Å²) in [5.41, 5.74) is 2.24. The molecule has 1 fully saturated rings. The monoisotopic (exact) mass is 467 g/mol. The Morgan fingerprint density at radius 3 is 2.42 bits per heavy atom. The van der Waals surface area contributed by atoms with Gasteiger partial charge in [-0.15, -0.1) is 11.3 Å². The van der Waals surface area contributed by atoms with Crippen molar-refractivity contribution in [3.63, 3.8) is 0 Å². The van der Waals surface area contributed by atoms with Gasteiger partial charge in [-0.25, -0.2) is 4.68 Å². The fourth-order valence-electron chi connectivity index (χ4n) is 3.95. The van der Waals surface area contributed by atoms with E-state index in [1.807, 2.05) is 28.3 Å². The van der Waals surface area contributed by atoms with E-state index in [9.17, 15) is 5.11 Å². The normalized spacial score (nSPS) is 15.2. The van der Waals surface area contributed by atoms with Crippen LogP contribution in [0.5, 0.6) is 23.0 Å². The lowest BCUT2D eigenvalue weighted by Gasteiger charge is -2.17. The van der Waals surface area contributed by atoms with E-state index in [0.29, 0.717) is 23.1 Å². The van der Waals surface area contributed by atoms with Crippen molar-refractivity contribution in [3.8, 4) is 34.3 Å². The Morgan fingerprint density at radius 2 is 1.70 bits per heavy atom. The van der Waals surface area contributed by atoms with Gasteiger partial charge >= 0.3 is 0 Å². The smallest absolute Gasteiger partial charge is 0.206 e. The SMILES string of the molecule is COc1ccc(O)c(C=Nn2c(-c3cc(OC)ccc3OC)csc2=NC2CCCCC2)c1. The third-order valence-electron chi connectivity index (χ3n) is 5.78. The number of aromatic hydroxyl groups is 1. The third kappa shape index (κ3) is 5.22. The van der Waals surface area contributed by atoms with E-state index in [4.69, 9.17) is 24.3 Å². The zero-order chi connectivity index (χ0) is 23.2. The molecule has 2 aromatic carbocycles. The van der Waals surface area contributed by atoms with Crippen LogP contribution in [0.15, 0.2) is 51.9 Å². The van der Waals surface area contributed by atoms with Crippen LogP contribution in [-0.4, -0.2) is 43.4 Å². The maximum Gasteiger partial charge on any atom is 0.206 e. The van der Waals surface area contributed by atoms with Crippen molar-refractivity contribution in [2.75, 3.05) is 21.3 Å². The number of hydrogen-bond acceptors (Lipinski definition) is 7. The first-order valence-corrected chi connectivity index (χ1v) is 11.9. The highest BCUT2D eigenvalue weighted by molar-refractivity contribution is 7.07. The largest absolute Gasteiger partial charge is 0.507 e. The molecule has 0 unspecified atom stereocenters. The molecule has 0 spiro atoms. The first-order chi connectivity index (χ1) is 16.1. The molecular formula is C25H29N3O4S. The van der Waals surface area contributed by atoms with Crippen LogP contribution in [0.25, 0.3) is 11.3 Å². The molecule has 3 aromatic rings. The Labute approximate surface area is 197 Å². The number of phenols is 1. The summed E-state index contributed by atoms with van der Waals surface area (Å²) in [5.74, 6) is 2.21. The van der Waals surface area contributed by atoms with E-state index in [1.165, 1.54) is 19.3 Å². The van der Waals surface area contributed by atoms with Crippen molar-refractivity contribution in [1.82, 2.24) is 4.68 Å². The standard InChI is InChI=1S/C25H29N3O4S/c1-30-19-9-11-23(29)17(13-19)15-26-28-22(21-14-20(31-2)10-12-24(21)32-3)16-33-25(28)27-18-7-5-4-6-8-18/h9-16,18,29H,4-8H2,1-3H3. The first-order valence-electron chi connectivity index (χ1n) is 11.0. The molecule has 8 heteroatoms. The average molecular weight is 468 g/mol. The summed E-state index contributed by atoms with van der Waals surface area (Å²) in [6, 6.07) is 11.0. The zero-order valence-corrected chi connectivity index (χ0v) is 20.0. The van der Waals surface area contributed by atoms with Crippen molar-refractivity contribution < 1.29 is 19.3 Å². The van der Waals surface area contributed by atoms with Gasteiger partial charge in [-0.2, -0.15) is 5.10 Å². The van der Waals surface area contributed by atoms with Crippen molar-refractivity contribution in [1.29, 1.82) is 0 Å². The van der Waals surface area contributed by atoms with Crippen molar-refractivity contribution >= 4 is 17.6 Å². The summed E-state index contributed by atoms with van der Waals surface area (Å²) in [4.78, 5) is 5.85. The van der Waals surface area contributed by atoms with Crippen molar-refractivity contribution in [2.45, 2.75) is 38.1 Å². The van der Waals surface area contributed by atoms with Crippen LogP contribution in [0.1, 0.15) is 37.7 Å². The Kier molecular flexibility index (Phi) is 7.34.